The third-order valence-electron chi connectivity index (χ3n) is 4.29. The van der Waals surface area contributed by atoms with Gasteiger partial charge < -0.3 is 9.64 Å². The summed E-state index contributed by atoms with van der Waals surface area (Å²) in [7, 11) is 0. The monoisotopic (exact) mass is 238 g/mol. The summed E-state index contributed by atoms with van der Waals surface area (Å²) in [5.74, 6) is 1.35. The van der Waals surface area contributed by atoms with Gasteiger partial charge in [0.05, 0.1) is 18.3 Å². The fourth-order valence-corrected chi connectivity index (χ4v) is 3.04. The van der Waals surface area contributed by atoms with Gasteiger partial charge in [-0.1, -0.05) is 13.8 Å². The highest BCUT2D eigenvalue weighted by atomic mass is 16.5. The van der Waals surface area contributed by atoms with E-state index in [2.05, 4.69) is 24.1 Å². The number of rotatable bonds is 3. The molecule has 4 heteroatoms. The summed E-state index contributed by atoms with van der Waals surface area (Å²) >= 11 is 0. The largest absolute Gasteiger partial charge is 0.381 e. The predicted molar refractivity (Wildman–Crippen MR) is 64.4 cm³/mol. The molecule has 1 amide bonds. The van der Waals surface area contributed by atoms with Crippen LogP contribution in [0, 0.1) is 11.8 Å². The predicted octanol–water partition coefficient (Wildman–Crippen LogP) is 0.969. The number of hydrogen-bond acceptors (Lipinski definition) is 3. The van der Waals surface area contributed by atoms with Gasteiger partial charge in [0.15, 0.2) is 0 Å². The number of amides is 1. The summed E-state index contributed by atoms with van der Waals surface area (Å²) in [6.45, 7) is 6.92. The molecule has 2 heterocycles. The average Bonchev–Trinajstić information content (AvgIpc) is 2.79. The molecule has 96 valence electrons. The van der Waals surface area contributed by atoms with E-state index < -0.39 is 0 Å². The number of carbonyl (C=O) groups is 1. The van der Waals surface area contributed by atoms with Gasteiger partial charge in [-0.25, -0.2) is 0 Å². The first-order chi connectivity index (χ1) is 8.12. The van der Waals surface area contributed by atoms with Gasteiger partial charge >= 0.3 is 0 Å². The lowest BCUT2D eigenvalue weighted by Gasteiger charge is -2.29. The molecular weight excluding hydrogens is 216 g/mol. The third kappa shape index (κ3) is 1.87. The Balaban J connectivity index is 1.72. The molecule has 0 radical (unpaired) electrons. The molecule has 3 rings (SSSR count). The standard InChI is InChI=1S/C13H22N2O2/c1-9(2)11-14-13(4-5-13)12(16)15(11)7-10-3-6-17-8-10/h9-11,14H,3-8H2,1-2H3. The van der Waals surface area contributed by atoms with Crippen molar-refractivity contribution in [3.8, 4) is 0 Å². The van der Waals surface area contributed by atoms with Crippen molar-refractivity contribution in [1.29, 1.82) is 0 Å². The van der Waals surface area contributed by atoms with Gasteiger partial charge in [0.25, 0.3) is 0 Å². The van der Waals surface area contributed by atoms with E-state index in [9.17, 15) is 4.79 Å². The van der Waals surface area contributed by atoms with Crippen LogP contribution in [0.3, 0.4) is 0 Å². The molecule has 2 unspecified atom stereocenters. The smallest absolute Gasteiger partial charge is 0.244 e. The van der Waals surface area contributed by atoms with Gasteiger partial charge in [0.2, 0.25) is 5.91 Å². The first-order valence-corrected chi connectivity index (χ1v) is 6.79. The Bertz CT molecular complexity index is 319. The first-order valence-electron chi connectivity index (χ1n) is 6.79. The van der Waals surface area contributed by atoms with Gasteiger partial charge in [-0.3, -0.25) is 10.1 Å². The lowest BCUT2D eigenvalue weighted by Crippen LogP contribution is -2.43. The van der Waals surface area contributed by atoms with Crippen LogP contribution in [0.25, 0.3) is 0 Å². The lowest BCUT2D eigenvalue weighted by atomic mass is 10.1. The molecule has 2 aliphatic heterocycles. The van der Waals surface area contributed by atoms with E-state index in [1.54, 1.807) is 0 Å². The molecule has 0 bridgehead atoms. The van der Waals surface area contributed by atoms with Gasteiger partial charge in [-0.05, 0) is 25.2 Å². The summed E-state index contributed by atoms with van der Waals surface area (Å²) in [5.41, 5.74) is -0.172. The molecule has 2 atom stereocenters. The van der Waals surface area contributed by atoms with Crippen molar-refractivity contribution in [2.24, 2.45) is 11.8 Å². The second-order valence-corrected chi connectivity index (χ2v) is 6.10. The number of nitrogens with one attached hydrogen (secondary N) is 1. The Hall–Kier alpha value is -0.610. The lowest BCUT2D eigenvalue weighted by molar-refractivity contribution is -0.131. The van der Waals surface area contributed by atoms with Crippen LogP contribution in [0.4, 0.5) is 0 Å². The molecule has 2 saturated heterocycles. The second-order valence-electron chi connectivity index (χ2n) is 6.10. The highest BCUT2D eigenvalue weighted by Gasteiger charge is 2.59. The Labute approximate surface area is 103 Å². The maximum absolute atomic E-state index is 12.4. The maximum atomic E-state index is 12.4. The minimum Gasteiger partial charge on any atom is -0.381 e. The minimum absolute atomic E-state index is 0.172. The van der Waals surface area contributed by atoms with Crippen LogP contribution >= 0.6 is 0 Å². The zero-order valence-corrected chi connectivity index (χ0v) is 10.7. The summed E-state index contributed by atoms with van der Waals surface area (Å²) in [5, 5.41) is 3.55. The molecule has 0 aromatic heterocycles. The van der Waals surface area contributed by atoms with Crippen LogP contribution in [-0.4, -0.2) is 42.3 Å². The Morgan fingerprint density at radius 2 is 2.29 bits per heavy atom. The molecular formula is C13H22N2O2. The van der Waals surface area contributed by atoms with Gasteiger partial charge in [-0.15, -0.1) is 0 Å². The minimum atomic E-state index is -0.172. The highest BCUT2D eigenvalue weighted by Crippen LogP contribution is 2.43. The number of nitrogens with zero attached hydrogens (tertiary/aromatic N) is 1. The molecule has 17 heavy (non-hydrogen) atoms. The highest BCUT2D eigenvalue weighted by molar-refractivity contribution is 5.91. The average molecular weight is 238 g/mol. The number of carbonyl (C=O) groups excluding carboxylic acids is 1. The third-order valence-corrected chi connectivity index (χ3v) is 4.29. The van der Waals surface area contributed by atoms with Crippen LogP contribution < -0.4 is 5.32 Å². The normalized spacial score (nSPS) is 35.2. The Kier molecular flexibility index (Phi) is 2.67. The fourth-order valence-electron chi connectivity index (χ4n) is 3.04. The van der Waals surface area contributed by atoms with Crippen molar-refractivity contribution in [3.05, 3.63) is 0 Å². The topological polar surface area (TPSA) is 41.6 Å². The van der Waals surface area contributed by atoms with Crippen molar-refractivity contribution < 1.29 is 9.53 Å². The van der Waals surface area contributed by atoms with Crippen molar-refractivity contribution in [2.75, 3.05) is 19.8 Å². The van der Waals surface area contributed by atoms with E-state index in [0.717, 1.165) is 39.0 Å². The summed E-state index contributed by atoms with van der Waals surface area (Å²) in [4.78, 5) is 14.5. The van der Waals surface area contributed by atoms with E-state index in [1.165, 1.54) is 0 Å². The van der Waals surface area contributed by atoms with Crippen molar-refractivity contribution in [1.82, 2.24) is 10.2 Å². The zero-order chi connectivity index (χ0) is 12.0. The second kappa shape index (κ2) is 3.95. The van der Waals surface area contributed by atoms with Crippen LogP contribution in [-0.2, 0) is 9.53 Å². The molecule has 3 aliphatic rings. The van der Waals surface area contributed by atoms with Gasteiger partial charge in [-0.2, -0.15) is 0 Å². The molecule has 1 saturated carbocycles. The first kappa shape index (κ1) is 11.5. The van der Waals surface area contributed by atoms with Gasteiger partial charge in [0, 0.05) is 19.1 Å². The van der Waals surface area contributed by atoms with E-state index in [4.69, 9.17) is 4.74 Å². The number of hydrogen-bond donors (Lipinski definition) is 1. The number of ether oxygens (including phenoxy) is 1. The Morgan fingerprint density at radius 1 is 1.53 bits per heavy atom. The maximum Gasteiger partial charge on any atom is 0.244 e. The van der Waals surface area contributed by atoms with Gasteiger partial charge in [0.1, 0.15) is 0 Å². The zero-order valence-electron chi connectivity index (χ0n) is 10.7. The molecule has 3 fully saturated rings. The molecule has 0 aromatic rings. The van der Waals surface area contributed by atoms with Crippen molar-refractivity contribution >= 4 is 5.91 Å². The van der Waals surface area contributed by atoms with Crippen LogP contribution in [0.15, 0.2) is 0 Å². The van der Waals surface area contributed by atoms with E-state index in [1.807, 2.05) is 0 Å². The van der Waals surface area contributed by atoms with E-state index >= 15 is 0 Å². The molecule has 1 N–H and O–H groups in total. The quantitative estimate of drug-likeness (QED) is 0.796. The van der Waals surface area contributed by atoms with Crippen LogP contribution in [0.1, 0.15) is 33.1 Å². The summed E-state index contributed by atoms with van der Waals surface area (Å²) in [6.07, 6.45) is 3.37. The molecule has 4 nitrogen and oxygen atoms in total. The fraction of sp³-hybridized carbons (Fsp3) is 0.923. The van der Waals surface area contributed by atoms with E-state index in [0.29, 0.717) is 17.7 Å². The summed E-state index contributed by atoms with van der Waals surface area (Å²) in [6, 6.07) is 0. The summed E-state index contributed by atoms with van der Waals surface area (Å²) < 4.78 is 5.41. The molecule has 1 spiro atoms. The molecule has 1 aliphatic carbocycles. The Morgan fingerprint density at radius 3 is 2.82 bits per heavy atom. The van der Waals surface area contributed by atoms with Crippen molar-refractivity contribution in [2.45, 2.75) is 44.8 Å². The van der Waals surface area contributed by atoms with Crippen LogP contribution in [0.2, 0.25) is 0 Å². The van der Waals surface area contributed by atoms with Crippen molar-refractivity contribution in [3.63, 3.8) is 0 Å². The SMILES string of the molecule is CC(C)C1NC2(CC2)C(=O)N1CC1CCOC1. The molecule has 0 aromatic carbocycles. The van der Waals surface area contributed by atoms with Crippen LogP contribution in [0.5, 0.6) is 0 Å². The van der Waals surface area contributed by atoms with E-state index in [-0.39, 0.29) is 11.7 Å².